The Morgan fingerprint density at radius 3 is 2.65 bits per heavy atom. The van der Waals surface area contributed by atoms with Crippen molar-refractivity contribution in [1.29, 1.82) is 0 Å². The number of amides is 2. The van der Waals surface area contributed by atoms with Gasteiger partial charge in [0, 0.05) is 18.8 Å². The van der Waals surface area contributed by atoms with Gasteiger partial charge in [-0.2, -0.15) is 0 Å². The molecule has 2 amide bonds. The standard InChI is InChI=1S/C17H26N2O3S/c1-23(21,22)12-6-11-18-17(20)19-16-10-5-9-15(16)13-14-7-3-2-4-8-14/h2-4,7-8,15-16H,5-6,9-13H2,1H3,(H2,18,19,20). The Bertz CT molecular complexity index is 602. The van der Waals surface area contributed by atoms with Gasteiger partial charge in [-0.25, -0.2) is 13.2 Å². The third-order valence-corrected chi connectivity index (χ3v) is 5.32. The molecule has 0 radical (unpaired) electrons. The Balaban J connectivity index is 1.74. The average molecular weight is 338 g/mol. The van der Waals surface area contributed by atoms with Crippen molar-refractivity contribution in [3.05, 3.63) is 35.9 Å². The molecule has 0 spiro atoms. The van der Waals surface area contributed by atoms with Crippen molar-refractivity contribution in [2.24, 2.45) is 5.92 Å². The van der Waals surface area contributed by atoms with Gasteiger partial charge in [-0.05, 0) is 37.2 Å². The van der Waals surface area contributed by atoms with E-state index in [9.17, 15) is 13.2 Å². The molecule has 23 heavy (non-hydrogen) atoms. The highest BCUT2D eigenvalue weighted by Gasteiger charge is 2.28. The smallest absolute Gasteiger partial charge is 0.315 e. The lowest BCUT2D eigenvalue weighted by Crippen LogP contribution is -2.44. The SMILES string of the molecule is CS(=O)(=O)CCCNC(=O)NC1CCCC1Cc1ccccc1. The molecule has 1 aromatic carbocycles. The Kier molecular flexibility index (Phi) is 6.45. The number of nitrogens with one attached hydrogen (secondary N) is 2. The number of carbonyl (C=O) groups excluding carboxylic acids is 1. The van der Waals surface area contributed by atoms with Crippen LogP contribution in [0.4, 0.5) is 4.79 Å². The zero-order valence-electron chi connectivity index (χ0n) is 13.6. The highest BCUT2D eigenvalue weighted by atomic mass is 32.2. The van der Waals surface area contributed by atoms with Crippen molar-refractivity contribution in [3.63, 3.8) is 0 Å². The highest BCUT2D eigenvalue weighted by molar-refractivity contribution is 7.90. The molecule has 1 aliphatic rings. The summed E-state index contributed by atoms with van der Waals surface area (Å²) in [4.78, 5) is 11.9. The van der Waals surface area contributed by atoms with Crippen LogP contribution in [0.5, 0.6) is 0 Å². The molecule has 1 fully saturated rings. The third kappa shape index (κ3) is 6.60. The molecule has 1 aliphatic carbocycles. The lowest BCUT2D eigenvalue weighted by Gasteiger charge is -2.21. The van der Waals surface area contributed by atoms with E-state index in [1.54, 1.807) is 0 Å². The topological polar surface area (TPSA) is 75.3 Å². The second kappa shape index (κ2) is 8.34. The summed E-state index contributed by atoms with van der Waals surface area (Å²) in [7, 11) is -2.96. The van der Waals surface area contributed by atoms with Crippen LogP contribution in [0.3, 0.4) is 0 Å². The van der Waals surface area contributed by atoms with E-state index in [1.165, 1.54) is 11.8 Å². The first-order chi connectivity index (χ1) is 10.9. The van der Waals surface area contributed by atoms with E-state index in [4.69, 9.17) is 0 Å². The fourth-order valence-corrected chi connectivity index (χ4v) is 3.81. The number of carbonyl (C=O) groups is 1. The van der Waals surface area contributed by atoms with E-state index >= 15 is 0 Å². The van der Waals surface area contributed by atoms with E-state index in [1.807, 2.05) is 18.2 Å². The first-order valence-electron chi connectivity index (χ1n) is 8.20. The van der Waals surface area contributed by atoms with Crippen molar-refractivity contribution in [2.45, 2.75) is 38.1 Å². The average Bonchev–Trinajstić information content (AvgIpc) is 2.91. The predicted molar refractivity (Wildman–Crippen MR) is 92.1 cm³/mol. The van der Waals surface area contributed by atoms with Gasteiger partial charge in [-0.1, -0.05) is 36.8 Å². The molecule has 2 rings (SSSR count). The number of urea groups is 1. The summed E-state index contributed by atoms with van der Waals surface area (Å²) in [5.74, 6) is 0.576. The molecular formula is C17H26N2O3S. The van der Waals surface area contributed by atoms with Crippen LogP contribution in [0.1, 0.15) is 31.2 Å². The van der Waals surface area contributed by atoms with Gasteiger partial charge < -0.3 is 10.6 Å². The zero-order valence-corrected chi connectivity index (χ0v) is 14.4. The van der Waals surface area contributed by atoms with Gasteiger partial charge in [0.25, 0.3) is 0 Å². The van der Waals surface area contributed by atoms with Crippen LogP contribution >= 0.6 is 0 Å². The van der Waals surface area contributed by atoms with Gasteiger partial charge in [-0.15, -0.1) is 0 Å². The number of benzene rings is 1. The minimum absolute atomic E-state index is 0.105. The highest BCUT2D eigenvalue weighted by Crippen LogP contribution is 2.28. The third-order valence-electron chi connectivity index (χ3n) is 4.29. The molecule has 2 atom stereocenters. The summed E-state index contributed by atoms with van der Waals surface area (Å²) < 4.78 is 22.1. The van der Waals surface area contributed by atoms with Gasteiger partial charge in [-0.3, -0.25) is 0 Å². The molecule has 1 aromatic rings. The molecule has 0 aromatic heterocycles. The van der Waals surface area contributed by atoms with E-state index in [0.717, 1.165) is 25.7 Å². The summed E-state index contributed by atoms with van der Waals surface area (Å²) in [6.07, 6.45) is 5.92. The van der Waals surface area contributed by atoms with Crippen LogP contribution in [0.2, 0.25) is 0 Å². The van der Waals surface area contributed by atoms with Crippen molar-refractivity contribution in [1.82, 2.24) is 10.6 Å². The van der Waals surface area contributed by atoms with Crippen molar-refractivity contribution >= 4 is 15.9 Å². The molecule has 0 bridgehead atoms. The van der Waals surface area contributed by atoms with Crippen LogP contribution in [-0.4, -0.2) is 39.0 Å². The van der Waals surface area contributed by atoms with Crippen molar-refractivity contribution < 1.29 is 13.2 Å². The summed E-state index contributed by atoms with van der Waals surface area (Å²) in [6, 6.07) is 10.4. The second-order valence-electron chi connectivity index (χ2n) is 6.37. The predicted octanol–water partition coefficient (Wildman–Crippen LogP) is 2.13. The van der Waals surface area contributed by atoms with Crippen LogP contribution < -0.4 is 10.6 Å². The molecule has 128 valence electrons. The van der Waals surface area contributed by atoms with Crippen molar-refractivity contribution in [2.75, 3.05) is 18.6 Å². The van der Waals surface area contributed by atoms with Gasteiger partial charge >= 0.3 is 6.03 Å². The number of sulfone groups is 1. The number of hydrogen-bond acceptors (Lipinski definition) is 3. The van der Waals surface area contributed by atoms with E-state index < -0.39 is 9.84 Å². The Morgan fingerprint density at radius 1 is 1.22 bits per heavy atom. The maximum Gasteiger partial charge on any atom is 0.315 e. The van der Waals surface area contributed by atoms with E-state index in [-0.39, 0.29) is 17.8 Å². The largest absolute Gasteiger partial charge is 0.338 e. The summed E-state index contributed by atoms with van der Waals surface area (Å²) in [5, 5.41) is 5.80. The van der Waals surface area contributed by atoms with Gasteiger partial charge in [0.1, 0.15) is 9.84 Å². The zero-order chi connectivity index (χ0) is 16.7. The number of hydrogen-bond donors (Lipinski definition) is 2. The summed E-state index contributed by atoms with van der Waals surface area (Å²) in [5.41, 5.74) is 1.31. The monoisotopic (exact) mass is 338 g/mol. The molecule has 1 saturated carbocycles. The maximum absolute atomic E-state index is 11.9. The molecule has 6 heteroatoms. The normalized spacial score (nSPS) is 21.1. The van der Waals surface area contributed by atoms with Gasteiger partial charge in [0.2, 0.25) is 0 Å². The van der Waals surface area contributed by atoms with Crippen molar-refractivity contribution in [3.8, 4) is 0 Å². The van der Waals surface area contributed by atoms with E-state index in [0.29, 0.717) is 18.9 Å². The Morgan fingerprint density at radius 2 is 1.96 bits per heavy atom. The molecule has 2 N–H and O–H groups in total. The van der Waals surface area contributed by atoms with Crippen LogP contribution in [-0.2, 0) is 16.3 Å². The molecule has 0 saturated heterocycles. The minimum atomic E-state index is -2.96. The summed E-state index contributed by atoms with van der Waals surface area (Å²) >= 11 is 0. The Labute approximate surface area is 138 Å². The lowest BCUT2D eigenvalue weighted by atomic mass is 9.95. The van der Waals surface area contributed by atoms with Gasteiger partial charge in [0.05, 0.1) is 5.75 Å². The van der Waals surface area contributed by atoms with Crippen LogP contribution in [0.15, 0.2) is 30.3 Å². The van der Waals surface area contributed by atoms with E-state index in [2.05, 4.69) is 22.8 Å². The Hall–Kier alpha value is -1.56. The molecule has 2 unspecified atom stereocenters. The number of rotatable bonds is 7. The van der Waals surface area contributed by atoms with Gasteiger partial charge in [0.15, 0.2) is 0 Å². The quantitative estimate of drug-likeness (QED) is 0.748. The minimum Gasteiger partial charge on any atom is -0.338 e. The molecule has 0 aliphatic heterocycles. The molecule has 0 heterocycles. The fourth-order valence-electron chi connectivity index (χ4n) is 3.14. The fraction of sp³-hybridized carbons (Fsp3) is 0.588. The van der Waals surface area contributed by atoms with Crippen LogP contribution in [0.25, 0.3) is 0 Å². The second-order valence-corrected chi connectivity index (χ2v) is 8.63. The summed E-state index contributed by atoms with van der Waals surface area (Å²) in [6.45, 7) is 0.384. The first kappa shape index (κ1) is 17.8. The molecule has 5 nitrogen and oxygen atoms in total. The lowest BCUT2D eigenvalue weighted by molar-refractivity contribution is 0.233. The van der Waals surface area contributed by atoms with Crippen LogP contribution in [0, 0.1) is 5.92 Å². The maximum atomic E-state index is 11.9. The molecular weight excluding hydrogens is 312 g/mol. The first-order valence-corrected chi connectivity index (χ1v) is 10.3.